The van der Waals surface area contributed by atoms with Gasteiger partial charge in [-0.3, -0.25) is 9.59 Å². The van der Waals surface area contributed by atoms with Crippen LogP contribution in [0.3, 0.4) is 0 Å². The predicted octanol–water partition coefficient (Wildman–Crippen LogP) is 0.316. The second-order valence-electron chi connectivity index (χ2n) is 2.53. The molecule has 5 heteroatoms. The molecular weight excluding hydrogens is 178 g/mol. The minimum absolute atomic E-state index is 0.316. The molecule has 0 aliphatic carbocycles. The summed E-state index contributed by atoms with van der Waals surface area (Å²) >= 11 is 1.44. The number of amides is 1. The van der Waals surface area contributed by atoms with Crippen molar-refractivity contribution in [3.05, 3.63) is 0 Å². The van der Waals surface area contributed by atoms with Gasteiger partial charge in [-0.2, -0.15) is 11.8 Å². The highest BCUT2D eigenvalue weighted by molar-refractivity contribution is 7.99. The Morgan fingerprint density at radius 1 is 1.58 bits per heavy atom. The molecule has 0 aromatic rings. The van der Waals surface area contributed by atoms with E-state index in [1.807, 2.05) is 0 Å². The van der Waals surface area contributed by atoms with E-state index >= 15 is 0 Å². The summed E-state index contributed by atoms with van der Waals surface area (Å²) in [6.45, 7) is 1.64. The van der Waals surface area contributed by atoms with E-state index in [2.05, 4.69) is 0 Å². The lowest BCUT2D eigenvalue weighted by molar-refractivity contribution is -0.140. The van der Waals surface area contributed by atoms with Gasteiger partial charge < -0.3 is 10.8 Å². The van der Waals surface area contributed by atoms with Gasteiger partial charge in [-0.15, -0.1) is 0 Å². The molecule has 3 N–H and O–H groups in total. The minimum Gasteiger partial charge on any atom is -0.481 e. The highest BCUT2D eigenvalue weighted by Gasteiger charge is 2.09. The van der Waals surface area contributed by atoms with Crippen LogP contribution in [0.25, 0.3) is 0 Å². The molecule has 1 unspecified atom stereocenters. The Hall–Kier alpha value is -0.710. The molecule has 12 heavy (non-hydrogen) atoms. The van der Waals surface area contributed by atoms with Crippen molar-refractivity contribution < 1.29 is 14.7 Å². The van der Waals surface area contributed by atoms with Gasteiger partial charge in [0.05, 0.1) is 5.92 Å². The molecule has 0 heterocycles. The van der Waals surface area contributed by atoms with Crippen molar-refractivity contribution in [3.63, 3.8) is 0 Å². The van der Waals surface area contributed by atoms with Crippen LogP contribution in [0, 0.1) is 5.92 Å². The lowest BCUT2D eigenvalue weighted by Crippen LogP contribution is -2.14. The smallest absolute Gasteiger partial charge is 0.307 e. The number of carbonyl (C=O) groups excluding carboxylic acids is 1. The van der Waals surface area contributed by atoms with Crippen molar-refractivity contribution in [2.45, 2.75) is 13.3 Å². The van der Waals surface area contributed by atoms with E-state index < -0.39 is 5.97 Å². The van der Waals surface area contributed by atoms with Gasteiger partial charge in [0.2, 0.25) is 5.91 Å². The molecule has 0 saturated heterocycles. The summed E-state index contributed by atoms with van der Waals surface area (Å²) in [5.41, 5.74) is 4.90. The van der Waals surface area contributed by atoms with Gasteiger partial charge in [0, 0.05) is 17.9 Å². The maximum absolute atomic E-state index is 10.3. The number of thioether (sulfide) groups is 1. The summed E-state index contributed by atoms with van der Waals surface area (Å²) in [5, 5.41) is 8.49. The van der Waals surface area contributed by atoms with E-state index in [-0.39, 0.29) is 11.8 Å². The topological polar surface area (TPSA) is 80.4 Å². The van der Waals surface area contributed by atoms with Crippen molar-refractivity contribution in [1.29, 1.82) is 0 Å². The van der Waals surface area contributed by atoms with Gasteiger partial charge >= 0.3 is 5.97 Å². The van der Waals surface area contributed by atoms with Crippen LogP contribution in [0.1, 0.15) is 13.3 Å². The third kappa shape index (κ3) is 6.03. The third-order valence-electron chi connectivity index (χ3n) is 1.28. The normalized spacial score (nSPS) is 12.4. The molecule has 0 saturated carbocycles. The third-order valence-corrected chi connectivity index (χ3v) is 2.51. The van der Waals surface area contributed by atoms with Gasteiger partial charge in [-0.25, -0.2) is 0 Å². The van der Waals surface area contributed by atoms with Crippen LogP contribution in [0.2, 0.25) is 0 Å². The van der Waals surface area contributed by atoms with Crippen LogP contribution in [0.5, 0.6) is 0 Å². The Balaban J connectivity index is 3.31. The average molecular weight is 191 g/mol. The lowest BCUT2D eigenvalue weighted by Gasteiger charge is -2.03. The van der Waals surface area contributed by atoms with Crippen molar-refractivity contribution in [3.8, 4) is 0 Å². The summed E-state index contributed by atoms with van der Waals surface area (Å²) in [4.78, 5) is 20.6. The first-order chi connectivity index (χ1) is 5.54. The Morgan fingerprint density at radius 3 is 2.58 bits per heavy atom. The first kappa shape index (κ1) is 11.3. The average Bonchev–Trinajstić information content (AvgIpc) is 1.97. The standard InChI is InChI=1S/C7H13NO3S/c1-5(7(10)11)4-12-3-2-6(8)9/h5H,2-4H2,1H3,(H2,8,9)(H,10,11). The van der Waals surface area contributed by atoms with Gasteiger partial charge in [0.15, 0.2) is 0 Å². The molecule has 0 bridgehead atoms. The Morgan fingerprint density at radius 2 is 2.17 bits per heavy atom. The first-order valence-electron chi connectivity index (χ1n) is 3.63. The van der Waals surface area contributed by atoms with Crippen LogP contribution in [-0.2, 0) is 9.59 Å². The van der Waals surface area contributed by atoms with Crippen molar-refractivity contribution >= 4 is 23.6 Å². The molecule has 70 valence electrons. The molecule has 0 aliphatic rings. The number of carboxylic acid groups (broad SMARTS) is 1. The fourth-order valence-corrected chi connectivity index (χ4v) is 1.51. The zero-order valence-corrected chi connectivity index (χ0v) is 7.76. The second kappa shape index (κ2) is 5.88. The van der Waals surface area contributed by atoms with Gasteiger partial charge in [-0.05, 0) is 0 Å². The lowest BCUT2D eigenvalue weighted by atomic mass is 10.2. The van der Waals surface area contributed by atoms with Crippen LogP contribution in [0.4, 0.5) is 0 Å². The molecule has 4 nitrogen and oxygen atoms in total. The summed E-state index contributed by atoms with van der Waals surface area (Å²) in [6, 6.07) is 0. The largest absolute Gasteiger partial charge is 0.481 e. The molecule has 0 fully saturated rings. The van der Waals surface area contributed by atoms with Crippen LogP contribution in [-0.4, -0.2) is 28.5 Å². The number of hydrogen-bond donors (Lipinski definition) is 2. The number of carboxylic acids is 1. The van der Waals surface area contributed by atoms with E-state index in [1.54, 1.807) is 6.92 Å². The molecule has 0 rings (SSSR count). The van der Waals surface area contributed by atoms with E-state index in [9.17, 15) is 9.59 Å². The Kier molecular flexibility index (Phi) is 5.53. The van der Waals surface area contributed by atoms with Gasteiger partial charge in [0.25, 0.3) is 0 Å². The molecule has 0 aromatic carbocycles. The summed E-state index contributed by atoms with van der Waals surface area (Å²) in [7, 11) is 0. The van der Waals surface area contributed by atoms with E-state index in [0.717, 1.165) is 0 Å². The molecule has 0 spiro atoms. The van der Waals surface area contributed by atoms with Crippen molar-refractivity contribution in [1.82, 2.24) is 0 Å². The highest BCUT2D eigenvalue weighted by atomic mass is 32.2. The van der Waals surface area contributed by atoms with Crippen molar-refractivity contribution in [2.75, 3.05) is 11.5 Å². The zero-order chi connectivity index (χ0) is 9.56. The summed E-state index contributed by atoms with van der Waals surface area (Å²) < 4.78 is 0. The van der Waals surface area contributed by atoms with E-state index in [1.165, 1.54) is 11.8 Å². The Bertz CT molecular complexity index is 172. The van der Waals surface area contributed by atoms with Crippen LogP contribution < -0.4 is 5.73 Å². The molecule has 1 atom stereocenters. The molecular formula is C7H13NO3S. The van der Waals surface area contributed by atoms with Crippen LogP contribution >= 0.6 is 11.8 Å². The van der Waals surface area contributed by atoms with E-state index in [4.69, 9.17) is 10.8 Å². The predicted molar refractivity (Wildman–Crippen MR) is 47.9 cm³/mol. The molecule has 0 aliphatic heterocycles. The number of carbonyl (C=O) groups is 2. The van der Waals surface area contributed by atoms with E-state index in [0.29, 0.717) is 17.9 Å². The number of aliphatic carboxylic acids is 1. The number of hydrogen-bond acceptors (Lipinski definition) is 3. The monoisotopic (exact) mass is 191 g/mol. The first-order valence-corrected chi connectivity index (χ1v) is 4.78. The fourth-order valence-electron chi connectivity index (χ4n) is 0.504. The summed E-state index contributed by atoms with van der Waals surface area (Å²) in [6.07, 6.45) is 0.316. The highest BCUT2D eigenvalue weighted by Crippen LogP contribution is 2.09. The van der Waals surface area contributed by atoms with Crippen molar-refractivity contribution in [2.24, 2.45) is 11.7 Å². The summed E-state index contributed by atoms with van der Waals surface area (Å²) in [5.74, 6) is -0.370. The van der Waals surface area contributed by atoms with Gasteiger partial charge in [-0.1, -0.05) is 6.92 Å². The minimum atomic E-state index is -0.804. The number of nitrogens with two attached hydrogens (primary N) is 1. The molecule has 0 aromatic heterocycles. The Labute approximate surface area is 75.5 Å². The zero-order valence-electron chi connectivity index (χ0n) is 6.95. The number of primary amides is 1. The quantitative estimate of drug-likeness (QED) is 0.592. The van der Waals surface area contributed by atoms with Crippen LogP contribution in [0.15, 0.2) is 0 Å². The van der Waals surface area contributed by atoms with Gasteiger partial charge in [0.1, 0.15) is 0 Å². The molecule has 0 radical (unpaired) electrons. The maximum atomic E-state index is 10.3. The number of rotatable bonds is 6. The second-order valence-corrected chi connectivity index (χ2v) is 3.68. The fraction of sp³-hybridized carbons (Fsp3) is 0.714. The molecule has 1 amide bonds. The maximum Gasteiger partial charge on any atom is 0.307 e. The SMILES string of the molecule is CC(CSCCC(N)=O)C(=O)O.